The zero-order chi connectivity index (χ0) is 31.3. The summed E-state index contributed by atoms with van der Waals surface area (Å²) in [5, 5.41) is 5.73. The molecule has 0 atom stereocenters. The Balaban J connectivity index is 0.00000314. The Morgan fingerprint density at radius 3 is 2.46 bits per heavy atom. The molecule has 1 aliphatic rings. The molecule has 0 spiro atoms. The molecule has 0 aliphatic carbocycles. The zero-order valence-corrected chi connectivity index (χ0v) is 29.1. The molecular formula is C41H26N4OPtS. The second-order valence-corrected chi connectivity index (χ2v) is 13.6. The van der Waals surface area contributed by atoms with Gasteiger partial charge in [0.05, 0.1) is 5.65 Å². The molecule has 7 heteroatoms. The molecule has 4 aromatic heterocycles. The molecule has 0 N–H and O–H groups in total. The summed E-state index contributed by atoms with van der Waals surface area (Å²) in [7, 11) is 0. The minimum atomic E-state index is -0.185. The SMILES string of the molecule is CC1(C)c2ccccc2N(c2[c-]c(Oc3[c-]c4c(cc3)c3cc5sc6ccccc6c5cc3n3ccnc43)ccc2)c2ncccc21.[Pt+2]. The minimum Gasteiger partial charge on any atom is -0.503 e. The number of pyridine rings is 2. The van der Waals surface area contributed by atoms with Crippen LogP contribution in [0.5, 0.6) is 11.5 Å². The first-order valence-corrected chi connectivity index (χ1v) is 16.5. The van der Waals surface area contributed by atoms with E-state index in [1.165, 1.54) is 36.7 Å². The summed E-state index contributed by atoms with van der Waals surface area (Å²) in [5.74, 6) is 2.12. The second-order valence-electron chi connectivity index (χ2n) is 12.6. The molecule has 5 aromatic carbocycles. The maximum absolute atomic E-state index is 6.49. The predicted molar refractivity (Wildman–Crippen MR) is 192 cm³/mol. The van der Waals surface area contributed by atoms with Crippen molar-refractivity contribution in [3.63, 3.8) is 0 Å². The van der Waals surface area contributed by atoms with Crippen molar-refractivity contribution >= 4 is 76.0 Å². The average Bonchev–Trinajstić information content (AvgIpc) is 3.74. The van der Waals surface area contributed by atoms with Crippen LogP contribution in [0.1, 0.15) is 25.0 Å². The molecule has 0 bridgehead atoms. The molecule has 0 unspecified atom stereocenters. The number of fused-ring (bicyclic) bond motifs is 11. The van der Waals surface area contributed by atoms with E-state index < -0.39 is 0 Å². The van der Waals surface area contributed by atoms with Gasteiger partial charge in [0.15, 0.2) is 0 Å². The Labute approximate surface area is 295 Å². The second kappa shape index (κ2) is 10.7. The van der Waals surface area contributed by atoms with Gasteiger partial charge in [0.1, 0.15) is 5.82 Å². The van der Waals surface area contributed by atoms with Gasteiger partial charge in [-0.05, 0) is 41.3 Å². The molecular weight excluding hydrogens is 792 g/mol. The molecule has 1 aliphatic heterocycles. The maximum atomic E-state index is 6.49. The Kier molecular flexibility index (Phi) is 6.52. The van der Waals surface area contributed by atoms with Gasteiger partial charge < -0.3 is 14.0 Å². The largest absolute Gasteiger partial charge is 2.00 e. The minimum absolute atomic E-state index is 0. The van der Waals surface area contributed by atoms with Crippen LogP contribution in [0.3, 0.4) is 0 Å². The van der Waals surface area contributed by atoms with Crippen LogP contribution in [0.25, 0.3) is 47.5 Å². The summed E-state index contributed by atoms with van der Waals surface area (Å²) in [6, 6.07) is 43.2. The van der Waals surface area contributed by atoms with E-state index in [9.17, 15) is 0 Å². The molecule has 0 saturated carbocycles. The molecule has 0 fully saturated rings. The molecule has 5 heterocycles. The number of hydrogen-bond donors (Lipinski definition) is 0. The van der Waals surface area contributed by atoms with Gasteiger partial charge in [0.25, 0.3) is 0 Å². The van der Waals surface area contributed by atoms with Crippen molar-refractivity contribution in [3.8, 4) is 11.5 Å². The first-order chi connectivity index (χ1) is 23.0. The van der Waals surface area contributed by atoms with Crippen molar-refractivity contribution in [3.05, 3.63) is 145 Å². The predicted octanol–water partition coefficient (Wildman–Crippen LogP) is 10.9. The number of aromatic nitrogens is 3. The molecule has 232 valence electrons. The molecule has 0 saturated heterocycles. The maximum Gasteiger partial charge on any atom is 2.00 e. The third-order valence-electron chi connectivity index (χ3n) is 9.53. The summed E-state index contributed by atoms with van der Waals surface area (Å²) in [6.07, 6.45) is 5.73. The van der Waals surface area contributed by atoms with Crippen molar-refractivity contribution in [2.75, 3.05) is 4.90 Å². The third-order valence-corrected chi connectivity index (χ3v) is 10.7. The summed E-state index contributed by atoms with van der Waals surface area (Å²) in [5.41, 5.74) is 6.16. The van der Waals surface area contributed by atoms with Gasteiger partial charge in [-0.3, -0.25) is 4.98 Å². The molecule has 0 radical (unpaired) electrons. The molecule has 9 aromatic rings. The fourth-order valence-corrected chi connectivity index (χ4v) is 8.43. The van der Waals surface area contributed by atoms with E-state index in [2.05, 4.69) is 114 Å². The number of imidazole rings is 1. The van der Waals surface area contributed by atoms with Crippen molar-refractivity contribution in [2.45, 2.75) is 19.3 Å². The molecule has 48 heavy (non-hydrogen) atoms. The van der Waals surface area contributed by atoms with Crippen LogP contribution in [-0.2, 0) is 26.5 Å². The Morgan fingerprint density at radius 1 is 0.688 bits per heavy atom. The van der Waals surface area contributed by atoms with Gasteiger partial charge in [-0.25, -0.2) is 4.98 Å². The van der Waals surface area contributed by atoms with Crippen LogP contribution in [-0.4, -0.2) is 14.4 Å². The molecule has 0 amide bonds. The first kappa shape index (κ1) is 29.1. The van der Waals surface area contributed by atoms with Crippen LogP contribution in [0.15, 0.2) is 122 Å². The Morgan fingerprint density at radius 2 is 1.52 bits per heavy atom. The van der Waals surface area contributed by atoms with Gasteiger partial charge in [-0.2, -0.15) is 6.07 Å². The topological polar surface area (TPSA) is 42.7 Å². The van der Waals surface area contributed by atoms with Crippen LogP contribution in [0.2, 0.25) is 0 Å². The van der Waals surface area contributed by atoms with Crippen molar-refractivity contribution in [1.82, 2.24) is 14.4 Å². The quantitative estimate of drug-likeness (QED) is 0.132. The van der Waals surface area contributed by atoms with Crippen molar-refractivity contribution < 1.29 is 25.8 Å². The Bertz CT molecular complexity index is 2680. The van der Waals surface area contributed by atoms with Crippen molar-refractivity contribution in [2.24, 2.45) is 0 Å². The fourth-order valence-electron chi connectivity index (χ4n) is 7.30. The number of anilines is 3. The van der Waals surface area contributed by atoms with E-state index >= 15 is 0 Å². The zero-order valence-electron chi connectivity index (χ0n) is 26.0. The number of thiophene rings is 1. The smallest absolute Gasteiger partial charge is 0.503 e. The number of rotatable bonds is 3. The van der Waals surface area contributed by atoms with Crippen LogP contribution >= 0.6 is 11.3 Å². The monoisotopic (exact) mass is 817 g/mol. The number of hydrogen-bond acceptors (Lipinski definition) is 5. The van der Waals surface area contributed by atoms with E-state index in [0.717, 1.165) is 39.1 Å². The number of ether oxygens (including phenoxy) is 1. The van der Waals surface area contributed by atoms with E-state index in [1.54, 1.807) is 0 Å². The van der Waals surface area contributed by atoms with Gasteiger partial charge in [-0.1, -0.05) is 78.8 Å². The molecule has 5 nitrogen and oxygen atoms in total. The van der Waals surface area contributed by atoms with Crippen LogP contribution < -0.4 is 9.64 Å². The summed E-state index contributed by atoms with van der Waals surface area (Å²) < 4.78 is 11.2. The fraction of sp³-hybridized carbons (Fsp3) is 0.0732. The number of benzene rings is 5. The normalized spacial score (nSPS) is 13.6. The van der Waals surface area contributed by atoms with Crippen LogP contribution in [0.4, 0.5) is 17.2 Å². The Hall–Kier alpha value is -5.03. The van der Waals surface area contributed by atoms with Gasteiger partial charge in [0, 0.05) is 72.4 Å². The van der Waals surface area contributed by atoms with Gasteiger partial charge >= 0.3 is 21.1 Å². The summed E-state index contributed by atoms with van der Waals surface area (Å²) in [6.45, 7) is 4.52. The van der Waals surface area contributed by atoms with Crippen molar-refractivity contribution in [1.29, 1.82) is 0 Å². The van der Waals surface area contributed by atoms with Crippen LogP contribution in [0, 0.1) is 12.1 Å². The van der Waals surface area contributed by atoms with E-state index in [4.69, 9.17) is 14.7 Å². The van der Waals surface area contributed by atoms with Gasteiger partial charge in [-0.15, -0.1) is 41.7 Å². The summed E-state index contributed by atoms with van der Waals surface area (Å²) >= 11 is 1.83. The van der Waals surface area contributed by atoms with E-state index in [0.29, 0.717) is 11.5 Å². The number of para-hydroxylation sites is 1. The first-order valence-electron chi connectivity index (χ1n) is 15.7. The average molecular weight is 818 g/mol. The number of nitrogens with zero attached hydrogens (tertiary/aromatic N) is 4. The van der Waals surface area contributed by atoms with E-state index in [-0.39, 0.29) is 26.5 Å². The molecule has 10 rings (SSSR count). The van der Waals surface area contributed by atoms with Gasteiger partial charge in [0.2, 0.25) is 0 Å². The summed E-state index contributed by atoms with van der Waals surface area (Å²) in [4.78, 5) is 11.8. The standard InChI is InChI=1S/C41H26N4OS.Pt/c1-41(2)33-12-4-5-14-35(33)45(40-34(41)13-8-18-42-40)25-9-7-10-26(21-25)46-27-16-17-28-30-24-38-31(29-11-3-6-15-37(29)47-38)23-36(30)44-20-19-43-39(44)32(28)22-27;/h3-20,23-24H,1-2H3;/q-2;+2. The third kappa shape index (κ3) is 4.19. The van der Waals surface area contributed by atoms with E-state index in [1.807, 2.05) is 54.2 Å².